The molecule has 3 nitrogen and oxygen atoms in total. The van der Waals surface area contributed by atoms with E-state index in [4.69, 9.17) is 9.47 Å². The average molecular weight is 206 g/mol. The SMILES string of the molecule is CC(=O)OCC1Cc2cc(C)ccc2O1. The van der Waals surface area contributed by atoms with Crippen LogP contribution in [0, 0.1) is 6.92 Å². The van der Waals surface area contributed by atoms with Gasteiger partial charge in [0.15, 0.2) is 0 Å². The molecule has 1 atom stereocenters. The fourth-order valence-corrected chi connectivity index (χ4v) is 1.75. The molecule has 0 bridgehead atoms. The van der Waals surface area contributed by atoms with Crippen LogP contribution in [-0.2, 0) is 16.0 Å². The van der Waals surface area contributed by atoms with Gasteiger partial charge in [0.1, 0.15) is 18.5 Å². The van der Waals surface area contributed by atoms with Crippen molar-refractivity contribution in [1.29, 1.82) is 0 Å². The van der Waals surface area contributed by atoms with Crippen LogP contribution in [0.3, 0.4) is 0 Å². The summed E-state index contributed by atoms with van der Waals surface area (Å²) < 4.78 is 10.6. The van der Waals surface area contributed by atoms with Gasteiger partial charge in [-0.2, -0.15) is 0 Å². The van der Waals surface area contributed by atoms with Gasteiger partial charge < -0.3 is 9.47 Å². The van der Waals surface area contributed by atoms with Crippen LogP contribution in [0.4, 0.5) is 0 Å². The largest absolute Gasteiger partial charge is 0.486 e. The molecule has 0 aromatic heterocycles. The summed E-state index contributed by atoms with van der Waals surface area (Å²) in [6.45, 7) is 3.80. The van der Waals surface area contributed by atoms with E-state index < -0.39 is 0 Å². The van der Waals surface area contributed by atoms with Gasteiger partial charge in [-0.3, -0.25) is 4.79 Å². The molecule has 80 valence electrons. The van der Waals surface area contributed by atoms with Crippen LogP contribution >= 0.6 is 0 Å². The summed E-state index contributed by atoms with van der Waals surface area (Å²) in [6, 6.07) is 6.11. The van der Waals surface area contributed by atoms with Crippen molar-refractivity contribution < 1.29 is 14.3 Å². The van der Waals surface area contributed by atoms with Crippen molar-refractivity contribution >= 4 is 5.97 Å². The molecule has 1 aliphatic rings. The first kappa shape index (κ1) is 10.0. The lowest BCUT2D eigenvalue weighted by molar-refractivity contribution is -0.143. The Bertz CT molecular complexity index is 384. The van der Waals surface area contributed by atoms with Gasteiger partial charge in [-0.1, -0.05) is 17.7 Å². The zero-order chi connectivity index (χ0) is 10.8. The van der Waals surface area contributed by atoms with Crippen LogP contribution in [0.25, 0.3) is 0 Å². The number of hydrogen-bond donors (Lipinski definition) is 0. The van der Waals surface area contributed by atoms with Crippen molar-refractivity contribution in [2.24, 2.45) is 0 Å². The second kappa shape index (κ2) is 3.93. The minimum atomic E-state index is -0.259. The maximum absolute atomic E-state index is 10.6. The van der Waals surface area contributed by atoms with Crippen LogP contribution in [0.5, 0.6) is 5.75 Å². The highest BCUT2D eigenvalue weighted by molar-refractivity contribution is 5.65. The molecule has 0 saturated carbocycles. The maximum atomic E-state index is 10.6. The predicted molar refractivity (Wildman–Crippen MR) is 55.9 cm³/mol. The van der Waals surface area contributed by atoms with Crippen LogP contribution in [-0.4, -0.2) is 18.7 Å². The standard InChI is InChI=1S/C12H14O3/c1-8-3-4-12-10(5-8)6-11(15-12)7-14-9(2)13/h3-5,11H,6-7H2,1-2H3. The quantitative estimate of drug-likeness (QED) is 0.693. The molecule has 0 amide bonds. The van der Waals surface area contributed by atoms with E-state index in [9.17, 15) is 4.79 Å². The van der Waals surface area contributed by atoms with E-state index in [0.717, 1.165) is 12.2 Å². The van der Waals surface area contributed by atoms with Gasteiger partial charge >= 0.3 is 5.97 Å². The Balaban J connectivity index is 2.00. The number of aryl methyl sites for hydroxylation is 1. The fourth-order valence-electron chi connectivity index (χ4n) is 1.75. The Morgan fingerprint density at radius 2 is 2.40 bits per heavy atom. The van der Waals surface area contributed by atoms with Gasteiger partial charge in [-0.25, -0.2) is 0 Å². The second-order valence-corrected chi connectivity index (χ2v) is 3.86. The monoisotopic (exact) mass is 206 g/mol. The molecule has 15 heavy (non-hydrogen) atoms. The van der Waals surface area contributed by atoms with Gasteiger partial charge in [-0.15, -0.1) is 0 Å². The molecule has 1 aliphatic heterocycles. The van der Waals surface area contributed by atoms with Crippen molar-refractivity contribution in [2.45, 2.75) is 26.4 Å². The van der Waals surface area contributed by atoms with Crippen molar-refractivity contribution in [1.82, 2.24) is 0 Å². The Kier molecular flexibility index (Phi) is 2.62. The predicted octanol–water partition coefficient (Wildman–Crippen LogP) is 1.86. The summed E-state index contributed by atoms with van der Waals surface area (Å²) >= 11 is 0. The number of benzene rings is 1. The molecule has 0 saturated heterocycles. The lowest BCUT2D eigenvalue weighted by Crippen LogP contribution is -2.21. The van der Waals surface area contributed by atoms with E-state index in [0.29, 0.717) is 6.61 Å². The topological polar surface area (TPSA) is 35.5 Å². The molecule has 3 heteroatoms. The summed E-state index contributed by atoms with van der Waals surface area (Å²) in [6.07, 6.45) is 0.801. The fraction of sp³-hybridized carbons (Fsp3) is 0.417. The number of esters is 1. The zero-order valence-electron chi connectivity index (χ0n) is 8.95. The van der Waals surface area contributed by atoms with E-state index in [1.807, 2.05) is 12.1 Å². The third-order valence-electron chi connectivity index (χ3n) is 2.43. The molecule has 0 spiro atoms. The van der Waals surface area contributed by atoms with Crippen molar-refractivity contribution in [3.05, 3.63) is 29.3 Å². The van der Waals surface area contributed by atoms with Crippen LogP contribution in [0.1, 0.15) is 18.1 Å². The normalized spacial score (nSPS) is 18.1. The van der Waals surface area contributed by atoms with Gasteiger partial charge in [0.05, 0.1) is 0 Å². The van der Waals surface area contributed by atoms with Crippen LogP contribution in [0.15, 0.2) is 18.2 Å². The zero-order valence-corrected chi connectivity index (χ0v) is 8.95. The van der Waals surface area contributed by atoms with Crippen molar-refractivity contribution in [3.8, 4) is 5.75 Å². The molecule has 0 radical (unpaired) electrons. The average Bonchev–Trinajstić information content (AvgIpc) is 2.56. The molecule has 0 fully saturated rings. The molecule has 1 aromatic rings. The number of hydrogen-bond acceptors (Lipinski definition) is 3. The number of carbonyl (C=O) groups excluding carboxylic acids is 1. The van der Waals surface area contributed by atoms with E-state index in [1.54, 1.807) is 0 Å². The number of rotatable bonds is 2. The molecule has 0 N–H and O–H groups in total. The summed E-state index contributed by atoms with van der Waals surface area (Å²) in [4.78, 5) is 10.6. The van der Waals surface area contributed by atoms with E-state index in [1.165, 1.54) is 18.1 Å². The Morgan fingerprint density at radius 3 is 3.13 bits per heavy atom. The molecule has 1 unspecified atom stereocenters. The lowest BCUT2D eigenvalue weighted by atomic mass is 10.1. The third-order valence-corrected chi connectivity index (χ3v) is 2.43. The van der Waals surface area contributed by atoms with Crippen molar-refractivity contribution in [3.63, 3.8) is 0 Å². The van der Waals surface area contributed by atoms with Crippen LogP contribution < -0.4 is 4.74 Å². The minimum absolute atomic E-state index is 0.0225. The van der Waals surface area contributed by atoms with Gasteiger partial charge in [-0.05, 0) is 18.6 Å². The van der Waals surface area contributed by atoms with E-state index in [2.05, 4.69) is 13.0 Å². The van der Waals surface area contributed by atoms with Gasteiger partial charge in [0, 0.05) is 13.3 Å². The highest BCUT2D eigenvalue weighted by atomic mass is 16.6. The van der Waals surface area contributed by atoms with Gasteiger partial charge in [0.2, 0.25) is 0 Å². The molecular weight excluding hydrogens is 192 g/mol. The minimum Gasteiger partial charge on any atom is -0.486 e. The molecular formula is C12H14O3. The molecule has 2 rings (SSSR count). The van der Waals surface area contributed by atoms with E-state index in [-0.39, 0.29) is 12.1 Å². The first-order valence-corrected chi connectivity index (χ1v) is 5.04. The highest BCUT2D eigenvalue weighted by Gasteiger charge is 2.23. The smallest absolute Gasteiger partial charge is 0.302 e. The maximum Gasteiger partial charge on any atom is 0.302 e. The highest BCUT2D eigenvalue weighted by Crippen LogP contribution is 2.29. The summed E-state index contributed by atoms with van der Waals surface area (Å²) in [7, 11) is 0. The summed E-state index contributed by atoms with van der Waals surface area (Å²) in [5.41, 5.74) is 2.43. The number of fused-ring (bicyclic) bond motifs is 1. The summed E-state index contributed by atoms with van der Waals surface area (Å²) in [5, 5.41) is 0. The lowest BCUT2D eigenvalue weighted by Gasteiger charge is -2.09. The molecule has 0 aliphatic carbocycles. The van der Waals surface area contributed by atoms with Gasteiger partial charge in [0.25, 0.3) is 0 Å². The molecule has 1 heterocycles. The Labute approximate surface area is 89.0 Å². The summed E-state index contributed by atoms with van der Waals surface area (Å²) in [5.74, 6) is 0.656. The first-order valence-electron chi connectivity index (χ1n) is 5.04. The Hall–Kier alpha value is -1.51. The number of carbonyl (C=O) groups is 1. The van der Waals surface area contributed by atoms with Crippen molar-refractivity contribution in [2.75, 3.05) is 6.61 Å². The molecule has 1 aromatic carbocycles. The van der Waals surface area contributed by atoms with E-state index >= 15 is 0 Å². The first-order chi connectivity index (χ1) is 7.15. The second-order valence-electron chi connectivity index (χ2n) is 3.86. The number of ether oxygens (including phenoxy) is 2. The third kappa shape index (κ3) is 2.29. The van der Waals surface area contributed by atoms with Crippen LogP contribution in [0.2, 0.25) is 0 Å². The Morgan fingerprint density at radius 1 is 1.60 bits per heavy atom.